The normalized spacial score (nSPS) is 18.5. The van der Waals surface area contributed by atoms with E-state index in [1.807, 2.05) is 22.8 Å². The van der Waals surface area contributed by atoms with E-state index in [1.165, 1.54) is 4.57 Å². The number of hydrogen-bond acceptors (Lipinski definition) is 1. The summed E-state index contributed by atoms with van der Waals surface area (Å²) < 4.78 is 52.7. The maximum Gasteiger partial charge on any atom is 0.269 e. The lowest BCUT2D eigenvalue weighted by Crippen LogP contribution is -2.31. The zero-order valence-electron chi connectivity index (χ0n) is 17.0. The van der Waals surface area contributed by atoms with E-state index in [2.05, 4.69) is 4.98 Å². The summed E-state index contributed by atoms with van der Waals surface area (Å²) in [5.41, 5.74) is 2.76. The Labute approximate surface area is 130 Å². The largest absolute Gasteiger partial charge is 0.269 e. The van der Waals surface area contributed by atoms with E-state index in [1.54, 1.807) is 24.4 Å². The van der Waals surface area contributed by atoms with Gasteiger partial charge in [-0.15, -0.1) is 0 Å². The molecule has 0 amide bonds. The first kappa shape index (κ1) is 6.89. The van der Waals surface area contributed by atoms with Gasteiger partial charge >= 0.3 is 0 Å². The molecule has 0 atom stereocenters. The third kappa shape index (κ3) is 1.17. The summed E-state index contributed by atoms with van der Waals surface area (Å²) in [7, 11) is 0. The van der Waals surface area contributed by atoms with Gasteiger partial charge in [-0.1, -0.05) is 12.1 Å². The van der Waals surface area contributed by atoms with Crippen LogP contribution in [0, 0.1) is 0 Å². The second-order valence-electron chi connectivity index (χ2n) is 5.27. The van der Waals surface area contributed by atoms with Crippen molar-refractivity contribution in [3.8, 4) is 11.4 Å². The predicted octanol–water partition coefficient (Wildman–Crippen LogP) is 2.38. The maximum absolute atomic E-state index is 8.12. The highest BCUT2D eigenvalue weighted by Gasteiger charge is 2.34. The van der Waals surface area contributed by atoms with Crippen molar-refractivity contribution in [2.45, 2.75) is 6.54 Å². The van der Waals surface area contributed by atoms with Gasteiger partial charge in [0, 0.05) is 6.20 Å². The molecule has 21 heavy (non-hydrogen) atoms. The van der Waals surface area contributed by atoms with Crippen LogP contribution < -0.4 is 4.57 Å². The van der Waals surface area contributed by atoms with E-state index in [0.29, 0.717) is 34.4 Å². The number of rotatable bonds is 0. The van der Waals surface area contributed by atoms with E-state index in [0.717, 1.165) is 10.3 Å². The number of imidazole rings is 1. The standard InChI is InChI=1S/C17H15N4/c1-19-14-8-4-3-6-12(14)15-17(19)20(2)16-11-7-5-9-18-13(11)10-21(15)16/h3-9H,10H2,1-2H3/q+1/i1D3,2D3. The average Bonchev–Trinajstić information content (AvgIpc) is 3.18. The van der Waals surface area contributed by atoms with Crippen LogP contribution in [0.1, 0.15) is 13.9 Å². The lowest BCUT2D eigenvalue weighted by Gasteiger charge is -1.98. The van der Waals surface area contributed by atoms with E-state index in [4.69, 9.17) is 8.22 Å². The molecule has 4 nitrogen and oxygen atoms in total. The summed E-state index contributed by atoms with van der Waals surface area (Å²) in [6, 6.07) is 10.7. The van der Waals surface area contributed by atoms with Gasteiger partial charge in [-0.2, -0.15) is 0 Å². The monoisotopic (exact) mass is 281 g/mol. The van der Waals surface area contributed by atoms with Crippen LogP contribution in [0.2, 0.25) is 0 Å². The topological polar surface area (TPSA) is 26.6 Å². The minimum absolute atomic E-state index is 0.181. The van der Waals surface area contributed by atoms with E-state index >= 15 is 0 Å². The minimum atomic E-state index is -2.55. The van der Waals surface area contributed by atoms with Crippen molar-refractivity contribution in [3.05, 3.63) is 48.3 Å². The minimum Gasteiger partial charge on any atom is -0.259 e. The van der Waals surface area contributed by atoms with E-state index < -0.39 is 14.0 Å². The molecule has 0 saturated heterocycles. The number of aromatic nitrogens is 4. The molecule has 0 N–H and O–H groups in total. The molecule has 1 aromatic carbocycles. The highest BCUT2D eigenvalue weighted by atomic mass is 15.2. The smallest absolute Gasteiger partial charge is 0.259 e. The lowest BCUT2D eigenvalue weighted by molar-refractivity contribution is -0.636. The molecule has 4 heteroatoms. The van der Waals surface area contributed by atoms with Crippen molar-refractivity contribution in [1.29, 1.82) is 0 Å². The molecule has 1 aliphatic heterocycles. The van der Waals surface area contributed by atoms with Crippen LogP contribution in [0.5, 0.6) is 0 Å². The Morgan fingerprint density at radius 3 is 3.10 bits per heavy atom. The molecule has 0 spiro atoms. The molecule has 4 aromatic rings. The third-order valence-electron chi connectivity index (χ3n) is 4.21. The van der Waals surface area contributed by atoms with Crippen molar-refractivity contribution < 1.29 is 12.8 Å². The van der Waals surface area contributed by atoms with Crippen molar-refractivity contribution in [2.75, 3.05) is 0 Å². The number of para-hydroxylation sites is 1. The van der Waals surface area contributed by atoms with Crippen LogP contribution in [-0.4, -0.2) is 14.1 Å². The molecule has 0 fully saturated rings. The Morgan fingerprint density at radius 2 is 2.19 bits per heavy atom. The Hall–Kier alpha value is -2.62. The van der Waals surface area contributed by atoms with Gasteiger partial charge in [0.05, 0.1) is 38.8 Å². The van der Waals surface area contributed by atoms with Gasteiger partial charge in [0.15, 0.2) is 5.52 Å². The third-order valence-corrected chi connectivity index (χ3v) is 4.21. The van der Waals surface area contributed by atoms with Gasteiger partial charge in [0.1, 0.15) is 12.1 Å². The Kier molecular flexibility index (Phi) is 1.16. The Balaban J connectivity index is 2.07. The first-order chi connectivity index (χ1) is 12.7. The second-order valence-corrected chi connectivity index (χ2v) is 5.27. The average molecular weight is 281 g/mol. The molecular formula is C17H15N4+. The summed E-state index contributed by atoms with van der Waals surface area (Å²) in [4.78, 5) is 4.38. The van der Waals surface area contributed by atoms with Gasteiger partial charge in [0.2, 0.25) is 5.82 Å². The van der Waals surface area contributed by atoms with Crippen molar-refractivity contribution >= 4 is 22.1 Å². The molecule has 3 aromatic heterocycles. The molecule has 0 aliphatic carbocycles. The van der Waals surface area contributed by atoms with Crippen molar-refractivity contribution in [3.63, 3.8) is 0 Å². The summed E-state index contributed by atoms with van der Waals surface area (Å²) in [5.74, 6) is 0.465. The van der Waals surface area contributed by atoms with Crippen LogP contribution >= 0.6 is 0 Å². The SMILES string of the molecule is [2H]C([2H])([2H])n1c2ccccc2c2c1[n+](C([2H])([2H])[2H])c1n2Cc2ncccc2-1. The van der Waals surface area contributed by atoms with E-state index in [9.17, 15) is 0 Å². The van der Waals surface area contributed by atoms with Gasteiger partial charge in [-0.05, 0) is 24.3 Å². The van der Waals surface area contributed by atoms with Gasteiger partial charge in [-0.3, -0.25) is 9.55 Å². The highest BCUT2D eigenvalue weighted by molar-refractivity contribution is 6.04. The first-order valence-electron chi connectivity index (χ1n) is 9.72. The van der Waals surface area contributed by atoms with Crippen LogP contribution in [0.3, 0.4) is 0 Å². The molecule has 0 bridgehead atoms. The van der Waals surface area contributed by atoms with Gasteiger partial charge in [-0.25, -0.2) is 9.13 Å². The lowest BCUT2D eigenvalue weighted by atomic mass is 10.2. The van der Waals surface area contributed by atoms with Crippen LogP contribution in [0.15, 0.2) is 42.6 Å². The molecule has 0 saturated carbocycles. The Morgan fingerprint density at radius 1 is 1.24 bits per heavy atom. The fraction of sp³-hybridized carbons (Fsp3) is 0.176. The van der Waals surface area contributed by atoms with Gasteiger partial charge < -0.3 is 0 Å². The summed E-state index contributed by atoms with van der Waals surface area (Å²) in [6.07, 6.45) is 1.67. The molecule has 5 rings (SSSR count). The van der Waals surface area contributed by atoms with Gasteiger partial charge in [0.25, 0.3) is 5.65 Å². The summed E-state index contributed by atoms with van der Waals surface area (Å²) in [5, 5.41) is 0.709. The highest BCUT2D eigenvalue weighted by Crippen LogP contribution is 2.36. The summed E-state index contributed by atoms with van der Waals surface area (Å²) >= 11 is 0. The number of benzene rings is 1. The number of fused-ring (bicyclic) bond motifs is 7. The van der Waals surface area contributed by atoms with Crippen molar-refractivity contribution in [1.82, 2.24) is 14.1 Å². The summed E-state index contributed by atoms with van der Waals surface area (Å²) in [6.45, 7) is -4.66. The number of pyridine rings is 1. The number of hydrogen-bond donors (Lipinski definition) is 0. The molecule has 0 unspecified atom stereocenters. The first-order valence-corrected chi connectivity index (χ1v) is 6.72. The zero-order valence-corrected chi connectivity index (χ0v) is 11.0. The van der Waals surface area contributed by atoms with E-state index in [-0.39, 0.29) is 5.65 Å². The predicted molar refractivity (Wildman–Crippen MR) is 81.9 cm³/mol. The fourth-order valence-corrected chi connectivity index (χ4v) is 3.35. The van der Waals surface area contributed by atoms with Crippen molar-refractivity contribution in [2.24, 2.45) is 14.0 Å². The maximum atomic E-state index is 8.12. The molecule has 102 valence electrons. The molecule has 4 heterocycles. The number of aryl methyl sites for hydroxylation is 2. The zero-order chi connectivity index (χ0) is 19.1. The van der Waals surface area contributed by atoms with Crippen LogP contribution in [-0.2, 0) is 20.5 Å². The fourth-order valence-electron chi connectivity index (χ4n) is 3.35. The quantitative estimate of drug-likeness (QED) is 0.400. The molecule has 0 radical (unpaired) electrons. The number of nitrogens with zero attached hydrogens (tertiary/aromatic N) is 4. The van der Waals surface area contributed by atoms with Crippen LogP contribution in [0.25, 0.3) is 33.5 Å². The molecular weight excluding hydrogens is 260 g/mol. The van der Waals surface area contributed by atoms with Crippen LogP contribution in [0.4, 0.5) is 0 Å². The second kappa shape index (κ2) is 3.52. The Bertz CT molecular complexity index is 1230. The molecule has 1 aliphatic rings.